The molecule has 0 saturated carbocycles. The normalized spacial score (nSPS) is 22.6. The summed E-state index contributed by atoms with van der Waals surface area (Å²) in [5.74, 6) is 1.73. The number of carbonyl (C=O) groups excluding carboxylic acids is 1. The number of nitrogens with zero attached hydrogens (tertiary/aromatic N) is 3. The van der Waals surface area contributed by atoms with E-state index in [1.54, 1.807) is 0 Å². The molecule has 25 heavy (non-hydrogen) atoms. The van der Waals surface area contributed by atoms with Gasteiger partial charge in [-0.15, -0.1) is 0 Å². The van der Waals surface area contributed by atoms with Crippen molar-refractivity contribution in [3.8, 4) is 0 Å². The molecule has 0 bridgehead atoms. The Morgan fingerprint density at radius 3 is 2.76 bits per heavy atom. The van der Waals surface area contributed by atoms with Crippen molar-refractivity contribution in [2.24, 2.45) is 0 Å². The minimum Gasteiger partial charge on any atom is -0.378 e. The molecular weight excluding hydrogens is 316 g/mol. The van der Waals surface area contributed by atoms with Crippen LogP contribution >= 0.6 is 0 Å². The topological polar surface area (TPSA) is 59.4 Å². The molecule has 3 rings (SSSR count). The van der Waals surface area contributed by atoms with Crippen LogP contribution in [0.4, 0.5) is 0 Å². The van der Waals surface area contributed by atoms with Gasteiger partial charge in [-0.3, -0.25) is 4.79 Å². The van der Waals surface area contributed by atoms with Crippen LogP contribution in [0.5, 0.6) is 0 Å². The molecule has 2 atom stereocenters. The van der Waals surface area contributed by atoms with Crippen molar-refractivity contribution >= 4 is 5.91 Å². The maximum Gasteiger partial charge on any atom is 0.239 e. The van der Waals surface area contributed by atoms with E-state index in [1.165, 1.54) is 12.2 Å². The molecule has 1 fully saturated rings. The number of hydrogen-bond acceptors (Lipinski definition) is 4. The number of carbonyl (C=O) groups is 1. The van der Waals surface area contributed by atoms with Gasteiger partial charge < -0.3 is 19.5 Å². The largest absolute Gasteiger partial charge is 0.378 e. The summed E-state index contributed by atoms with van der Waals surface area (Å²) in [7, 11) is 0. The number of aryl methyl sites for hydroxylation is 1. The zero-order valence-electron chi connectivity index (χ0n) is 16.0. The molecule has 1 aromatic heterocycles. The van der Waals surface area contributed by atoms with Crippen LogP contribution in [0.15, 0.2) is 6.20 Å². The quantitative estimate of drug-likeness (QED) is 0.903. The molecule has 2 aliphatic rings. The van der Waals surface area contributed by atoms with Crippen molar-refractivity contribution in [1.82, 2.24) is 19.8 Å². The standard InChI is InChI=1S/C19H32N4O2/c1-14(18(24)22-8-10-25-11-9-22)20-12-15-6-5-7-23-13-16(19(2,3)4)21-17(15)23/h13-15,20H,5-12H2,1-4H3/t14-,15-/m1/s1. The summed E-state index contributed by atoms with van der Waals surface area (Å²) in [6, 6.07) is -0.162. The highest BCUT2D eigenvalue weighted by Gasteiger charge is 2.28. The number of amides is 1. The first-order valence-corrected chi connectivity index (χ1v) is 9.53. The maximum absolute atomic E-state index is 12.5. The first kappa shape index (κ1) is 18.4. The van der Waals surface area contributed by atoms with Crippen molar-refractivity contribution in [2.45, 2.75) is 64.5 Å². The van der Waals surface area contributed by atoms with Crippen LogP contribution in [-0.4, -0.2) is 59.2 Å². The van der Waals surface area contributed by atoms with Crippen LogP contribution in [0.25, 0.3) is 0 Å². The highest BCUT2D eigenvalue weighted by atomic mass is 16.5. The predicted octanol–water partition coefficient (Wildman–Crippen LogP) is 1.89. The highest BCUT2D eigenvalue weighted by Crippen LogP contribution is 2.30. The van der Waals surface area contributed by atoms with Gasteiger partial charge in [0.2, 0.25) is 5.91 Å². The lowest BCUT2D eigenvalue weighted by Crippen LogP contribution is -2.50. The van der Waals surface area contributed by atoms with Gasteiger partial charge in [0.1, 0.15) is 5.82 Å². The number of rotatable bonds is 4. The van der Waals surface area contributed by atoms with E-state index in [9.17, 15) is 4.79 Å². The van der Waals surface area contributed by atoms with Crippen LogP contribution in [0, 0.1) is 0 Å². The first-order valence-electron chi connectivity index (χ1n) is 9.53. The van der Waals surface area contributed by atoms with Crippen molar-refractivity contribution < 1.29 is 9.53 Å². The molecular formula is C19H32N4O2. The van der Waals surface area contributed by atoms with E-state index in [0.717, 1.165) is 25.2 Å². The average molecular weight is 348 g/mol. The van der Waals surface area contributed by atoms with E-state index < -0.39 is 0 Å². The third-order valence-corrected chi connectivity index (χ3v) is 5.26. The Bertz CT molecular complexity index is 599. The molecule has 6 nitrogen and oxygen atoms in total. The van der Waals surface area contributed by atoms with Crippen molar-refractivity contribution in [1.29, 1.82) is 0 Å². The zero-order chi connectivity index (χ0) is 18.0. The summed E-state index contributed by atoms with van der Waals surface area (Å²) in [6.45, 7) is 13.1. The lowest BCUT2D eigenvalue weighted by molar-refractivity contribution is -0.137. The molecule has 2 aliphatic heterocycles. The summed E-state index contributed by atoms with van der Waals surface area (Å²) >= 11 is 0. The number of ether oxygens (including phenoxy) is 1. The number of morpholine rings is 1. The van der Waals surface area contributed by atoms with Gasteiger partial charge in [0.15, 0.2) is 0 Å². The Balaban J connectivity index is 1.60. The molecule has 3 heterocycles. The minimum atomic E-state index is -0.162. The van der Waals surface area contributed by atoms with E-state index in [2.05, 4.69) is 36.9 Å². The molecule has 0 spiro atoms. The molecule has 0 radical (unpaired) electrons. The van der Waals surface area contributed by atoms with Crippen molar-refractivity contribution in [3.05, 3.63) is 17.7 Å². The van der Waals surface area contributed by atoms with E-state index >= 15 is 0 Å². The highest BCUT2D eigenvalue weighted by molar-refractivity contribution is 5.81. The second-order valence-corrected chi connectivity index (χ2v) is 8.33. The predicted molar refractivity (Wildman–Crippen MR) is 97.8 cm³/mol. The SMILES string of the molecule is C[C@@H](NC[C@H]1CCCn2cc(C(C)(C)C)nc21)C(=O)N1CCOCC1. The lowest BCUT2D eigenvalue weighted by Gasteiger charge is -2.30. The molecule has 6 heteroatoms. The Kier molecular flexibility index (Phi) is 5.49. The van der Waals surface area contributed by atoms with E-state index in [0.29, 0.717) is 32.2 Å². The smallest absolute Gasteiger partial charge is 0.239 e. The van der Waals surface area contributed by atoms with Crippen LogP contribution in [-0.2, 0) is 21.5 Å². The number of hydrogen-bond donors (Lipinski definition) is 1. The van der Waals surface area contributed by atoms with Gasteiger partial charge in [0.05, 0.1) is 24.9 Å². The Morgan fingerprint density at radius 2 is 2.08 bits per heavy atom. The second kappa shape index (κ2) is 7.46. The molecule has 140 valence electrons. The molecule has 1 aromatic rings. The molecule has 1 amide bonds. The summed E-state index contributed by atoms with van der Waals surface area (Å²) in [5.41, 5.74) is 1.23. The van der Waals surface area contributed by atoms with Crippen molar-refractivity contribution in [2.75, 3.05) is 32.8 Å². The first-order chi connectivity index (χ1) is 11.9. The number of fused-ring (bicyclic) bond motifs is 1. The number of aromatic nitrogens is 2. The number of nitrogens with one attached hydrogen (secondary N) is 1. The molecule has 0 aliphatic carbocycles. The van der Waals surface area contributed by atoms with Crippen LogP contribution < -0.4 is 5.32 Å². The summed E-state index contributed by atoms with van der Waals surface area (Å²) in [6.07, 6.45) is 4.51. The third kappa shape index (κ3) is 4.23. The van der Waals surface area contributed by atoms with E-state index in [-0.39, 0.29) is 17.4 Å². The van der Waals surface area contributed by atoms with Crippen LogP contribution in [0.2, 0.25) is 0 Å². The second-order valence-electron chi connectivity index (χ2n) is 8.33. The summed E-state index contributed by atoms with van der Waals surface area (Å²) in [4.78, 5) is 19.4. The van der Waals surface area contributed by atoms with Gasteiger partial charge in [-0.1, -0.05) is 20.8 Å². The molecule has 0 unspecified atom stereocenters. The van der Waals surface area contributed by atoms with E-state index in [4.69, 9.17) is 9.72 Å². The maximum atomic E-state index is 12.5. The Labute approximate surface area is 150 Å². The van der Waals surface area contributed by atoms with Crippen LogP contribution in [0.1, 0.15) is 58.0 Å². The van der Waals surface area contributed by atoms with Crippen molar-refractivity contribution in [3.63, 3.8) is 0 Å². The van der Waals surface area contributed by atoms with Crippen LogP contribution in [0.3, 0.4) is 0 Å². The minimum absolute atomic E-state index is 0.0713. The van der Waals surface area contributed by atoms with Gasteiger partial charge in [0, 0.05) is 43.7 Å². The third-order valence-electron chi connectivity index (χ3n) is 5.26. The van der Waals surface area contributed by atoms with Gasteiger partial charge in [0.25, 0.3) is 0 Å². The lowest BCUT2D eigenvalue weighted by atomic mass is 9.93. The number of imidazole rings is 1. The van der Waals surface area contributed by atoms with Gasteiger partial charge in [-0.05, 0) is 19.8 Å². The Morgan fingerprint density at radius 1 is 1.36 bits per heavy atom. The summed E-state index contributed by atoms with van der Waals surface area (Å²) < 4.78 is 7.64. The fraction of sp³-hybridized carbons (Fsp3) is 0.789. The van der Waals surface area contributed by atoms with Gasteiger partial charge in [-0.2, -0.15) is 0 Å². The average Bonchev–Trinajstić information content (AvgIpc) is 3.05. The zero-order valence-corrected chi connectivity index (χ0v) is 16.0. The fourth-order valence-corrected chi connectivity index (χ4v) is 3.59. The monoisotopic (exact) mass is 348 g/mol. The molecule has 1 N–H and O–H groups in total. The Hall–Kier alpha value is -1.40. The summed E-state index contributed by atoms with van der Waals surface area (Å²) in [5, 5.41) is 3.45. The van der Waals surface area contributed by atoms with E-state index in [1.807, 2.05) is 11.8 Å². The fourth-order valence-electron chi connectivity index (χ4n) is 3.59. The van der Waals surface area contributed by atoms with Gasteiger partial charge in [-0.25, -0.2) is 4.98 Å². The molecule has 1 saturated heterocycles. The molecule has 0 aromatic carbocycles. The van der Waals surface area contributed by atoms with Gasteiger partial charge >= 0.3 is 0 Å².